The summed E-state index contributed by atoms with van der Waals surface area (Å²) in [5.74, 6) is 0. The van der Waals surface area contributed by atoms with E-state index in [1.54, 1.807) is 17.5 Å². The molecule has 0 aliphatic rings. The number of nitrogens with two attached hydrogens (primary N) is 1. The highest BCUT2D eigenvalue weighted by Gasteiger charge is 2.07. The van der Waals surface area contributed by atoms with Gasteiger partial charge in [-0.1, -0.05) is 24.3 Å². The summed E-state index contributed by atoms with van der Waals surface area (Å²) in [5.41, 5.74) is 9.61. The van der Waals surface area contributed by atoms with Crippen LogP contribution in [0.2, 0.25) is 0 Å². The lowest BCUT2D eigenvalue weighted by molar-refractivity contribution is 1.07. The fourth-order valence-corrected chi connectivity index (χ4v) is 2.56. The van der Waals surface area contributed by atoms with Crippen molar-refractivity contribution in [3.8, 4) is 22.0 Å². The van der Waals surface area contributed by atoms with Crippen molar-refractivity contribution in [2.24, 2.45) is 5.73 Å². The molecule has 19 heavy (non-hydrogen) atoms. The molecule has 2 N–H and O–H groups in total. The Kier molecular flexibility index (Phi) is 3.31. The number of hydrogen-bond donors (Lipinski definition) is 1. The van der Waals surface area contributed by atoms with E-state index in [0.717, 1.165) is 27.5 Å². The van der Waals surface area contributed by atoms with Crippen LogP contribution < -0.4 is 5.73 Å². The van der Waals surface area contributed by atoms with Crippen molar-refractivity contribution in [3.05, 3.63) is 53.8 Å². The molecular weight excluding hydrogens is 256 g/mol. The zero-order chi connectivity index (χ0) is 13.1. The van der Waals surface area contributed by atoms with Crippen molar-refractivity contribution in [1.29, 1.82) is 0 Å². The second-order valence-electron chi connectivity index (χ2n) is 4.03. The number of benzene rings is 1. The average Bonchev–Trinajstić information content (AvgIpc) is 2.98. The normalized spacial score (nSPS) is 10.6. The van der Waals surface area contributed by atoms with Gasteiger partial charge in [-0.2, -0.15) is 0 Å². The second kappa shape index (κ2) is 5.26. The van der Waals surface area contributed by atoms with E-state index in [0.29, 0.717) is 6.54 Å². The standard InChI is InChI=1S/C14H12N4S/c15-7-10-1-3-11(4-2-10)13-8-19-14(18-13)12-5-6-16-9-17-12/h1-6,8-9H,7,15H2. The monoisotopic (exact) mass is 268 g/mol. The molecule has 0 atom stereocenters. The molecule has 3 aromatic rings. The minimum atomic E-state index is 0.559. The van der Waals surface area contributed by atoms with E-state index >= 15 is 0 Å². The minimum absolute atomic E-state index is 0.559. The molecule has 0 radical (unpaired) electrons. The van der Waals surface area contributed by atoms with E-state index in [2.05, 4.69) is 15.0 Å². The van der Waals surface area contributed by atoms with Gasteiger partial charge in [-0.25, -0.2) is 15.0 Å². The van der Waals surface area contributed by atoms with Crippen LogP contribution in [0.15, 0.2) is 48.2 Å². The smallest absolute Gasteiger partial charge is 0.142 e. The van der Waals surface area contributed by atoms with Gasteiger partial charge in [0, 0.05) is 23.7 Å². The minimum Gasteiger partial charge on any atom is -0.326 e. The molecule has 0 aliphatic heterocycles. The maximum atomic E-state index is 5.59. The second-order valence-corrected chi connectivity index (χ2v) is 4.89. The van der Waals surface area contributed by atoms with E-state index < -0.39 is 0 Å². The molecular formula is C14H12N4S. The SMILES string of the molecule is NCc1ccc(-c2csc(-c3ccncn3)n2)cc1. The van der Waals surface area contributed by atoms with Gasteiger partial charge >= 0.3 is 0 Å². The topological polar surface area (TPSA) is 64.7 Å². The summed E-state index contributed by atoms with van der Waals surface area (Å²) in [6.45, 7) is 0.559. The zero-order valence-corrected chi connectivity index (χ0v) is 11.0. The molecule has 0 spiro atoms. The van der Waals surface area contributed by atoms with E-state index in [4.69, 9.17) is 5.73 Å². The molecule has 3 rings (SSSR count). The van der Waals surface area contributed by atoms with Gasteiger partial charge in [0.1, 0.15) is 17.0 Å². The Morgan fingerprint density at radius 3 is 2.58 bits per heavy atom. The zero-order valence-electron chi connectivity index (χ0n) is 10.2. The van der Waals surface area contributed by atoms with Crippen LogP contribution >= 0.6 is 11.3 Å². The van der Waals surface area contributed by atoms with Crippen LogP contribution in [0.4, 0.5) is 0 Å². The first-order chi connectivity index (χ1) is 9.36. The van der Waals surface area contributed by atoms with Gasteiger partial charge in [-0.3, -0.25) is 0 Å². The van der Waals surface area contributed by atoms with Gasteiger partial charge in [-0.15, -0.1) is 11.3 Å². The largest absolute Gasteiger partial charge is 0.326 e. The predicted molar refractivity (Wildman–Crippen MR) is 76.5 cm³/mol. The first-order valence-electron chi connectivity index (χ1n) is 5.88. The Bertz CT molecular complexity index is 661. The van der Waals surface area contributed by atoms with E-state index in [1.807, 2.05) is 35.7 Å². The van der Waals surface area contributed by atoms with Gasteiger partial charge in [0.05, 0.1) is 5.69 Å². The molecule has 0 saturated heterocycles. The van der Waals surface area contributed by atoms with Crippen LogP contribution in [0.5, 0.6) is 0 Å². The molecule has 0 saturated carbocycles. The third-order valence-corrected chi connectivity index (χ3v) is 3.66. The van der Waals surface area contributed by atoms with Gasteiger partial charge in [0.25, 0.3) is 0 Å². The number of thiazole rings is 1. The van der Waals surface area contributed by atoms with Gasteiger partial charge < -0.3 is 5.73 Å². The highest BCUT2D eigenvalue weighted by atomic mass is 32.1. The molecule has 2 aromatic heterocycles. The van der Waals surface area contributed by atoms with Crippen molar-refractivity contribution in [2.45, 2.75) is 6.54 Å². The Balaban J connectivity index is 1.92. The Hall–Kier alpha value is -2.11. The fraction of sp³-hybridized carbons (Fsp3) is 0.0714. The molecule has 1 aromatic carbocycles. The number of hydrogen-bond acceptors (Lipinski definition) is 5. The van der Waals surface area contributed by atoms with Gasteiger partial charge in [0.2, 0.25) is 0 Å². The molecule has 2 heterocycles. The highest BCUT2D eigenvalue weighted by Crippen LogP contribution is 2.27. The maximum absolute atomic E-state index is 5.59. The van der Waals surface area contributed by atoms with Crippen molar-refractivity contribution in [3.63, 3.8) is 0 Å². The lowest BCUT2D eigenvalue weighted by Gasteiger charge is -1.99. The maximum Gasteiger partial charge on any atom is 0.142 e. The fourth-order valence-electron chi connectivity index (χ4n) is 1.75. The summed E-state index contributed by atoms with van der Waals surface area (Å²) in [7, 11) is 0. The summed E-state index contributed by atoms with van der Waals surface area (Å²) < 4.78 is 0. The molecule has 0 unspecified atom stereocenters. The number of nitrogens with zero attached hydrogens (tertiary/aromatic N) is 3. The first kappa shape index (κ1) is 12.0. The summed E-state index contributed by atoms with van der Waals surface area (Å²) in [6.07, 6.45) is 3.26. The molecule has 0 bridgehead atoms. The Morgan fingerprint density at radius 1 is 1.05 bits per heavy atom. The molecule has 4 nitrogen and oxygen atoms in total. The quantitative estimate of drug-likeness (QED) is 0.793. The Morgan fingerprint density at radius 2 is 1.89 bits per heavy atom. The lowest BCUT2D eigenvalue weighted by atomic mass is 10.1. The molecule has 5 heteroatoms. The van der Waals surface area contributed by atoms with Crippen LogP contribution in [-0.2, 0) is 6.54 Å². The van der Waals surface area contributed by atoms with Crippen LogP contribution in [0.3, 0.4) is 0 Å². The number of aromatic nitrogens is 3. The van der Waals surface area contributed by atoms with E-state index in [9.17, 15) is 0 Å². The van der Waals surface area contributed by atoms with Gasteiger partial charge in [-0.05, 0) is 11.6 Å². The van der Waals surface area contributed by atoms with Crippen molar-refractivity contribution in [2.75, 3.05) is 0 Å². The summed E-state index contributed by atoms with van der Waals surface area (Å²) in [6, 6.07) is 10.0. The van der Waals surface area contributed by atoms with Crippen molar-refractivity contribution in [1.82, 2.24) is 15.0 Å². The molecule has 0 fully saturated rings. The third kappa shape index (κ3) is 2.52. The molecule has 0 amide bonds. The van der Waals surface area contributed by atoms with Gasteiger partial charge in [0.15, 0.2) is 0 Å². The molecule has 0 aliphatic carbocycles. The van der Waals surface area contributed by atoms with E-state index in [1.165, 1.54) is 6.33 Å². The predicted octanol–water partition coefficient (Wildman–Crippen LogP) is 2.73. The van der Waals surface area contributed by atoms with Crippen LogP contribution in [0.1, 0.15) is 5.56 Å². The first-order valence-corrected chi connectivity index (χ1v) is 6.76. The van der Waals surface area contributed by atoms with Crippen LogP contribution in [-0.4, -0.2) is 15.0 Å². The highest BCUT2D eigenvalue weighted by molar-refractivity contribution is 7.13. The third-order valence-electron chi connectivity index (χ3n) is 2.79. The van der Waals surface area contributed by atoms with Crippen molar-refractivity contribution >= 4 is 11.3 Å². The number of rotatable bonds is 3. The molecule has 94 valence electrons. The summed E-state index contributed by atoms with van der Waals surface area (Å²) >= 11 is 1.58. The average molecular weight is 268 g/mol. The summed E-state index contributed by atoms with van der Waals surface area (Å²) in [4.78, 5) is 12.7. The van der Waals surface area contributed by atoms with Crippen LogP contribution in [0.25, 0.3) is 22.0 Å². The van der Waals surface area contributed by atoms with E-state index in [-0.39, 0.29) is 0 Å². The Labute approximate surface area is 115 Å². The summed E-state index contributed by atoms with van der Waals surface area (Å²) in [5, 5.41) is 2.94. The van der Waals surface area contributed by atoms with Crippen molar-refractivity contribution < 1.29 is 0 Å². The lowest BCUT2D eigenvalue weighted by Crippen LogP contribution is -1.95. The van der Waals surface area contributed by atoms with Crippen LogP contribution in [0, 0.1) is 0 Å².